The monoisotopic (exact) mass is 149 g/mol. The third-order valence-electron chi connectivity index (χ3n) is 1.39. The molecule has 1 heterocycles. The molecule has 0 saturated carbocycles. The number of imidazole rings is 1. The summed E-state index contributed by atoms with van der Waals surface area (Å²) in [6.45, 7) is 7.33. The lowest BCUT2D eigenvalue weighted by Gasteiger charge is -1.96. The second-order valence-corrected chi connectivity index (χ2v) is 2.21. The molecule has 3 nitrogen and oxygen atoms in total. The summed E-state index contributed by atoms with van der Waals surface area (Å²) in [5.41, 5.74) is 0.994. The van der Waals surface area contributed by atoms with E-state index in [0.717, 1.165) is 11.5 Å². The van der Waals surface area contributed by atoms with Gasteiger partial charge in [-0.05, 0) is 19.9 Å². The molecule has 0 spiro atoms. The van der Waals surface area contributed by atoms with E-state index in [-0.39, 0.29) is 0 Å². The Labute approximate surface area is 66.1 Å². The van der Waals surface area contributed by atoms with Crippen LogP contribution in [-0.4, -0.2) is 16.4 Å². The molecule has 1 rings (SSSR count). The summed E-state index contributed by atoms with van der Waals surface area (Å²) < 4.78 is 1.69. The molecule has 0 aliphatic rings. The maximum Gasteiger partial charge on any atom is 0.153 e. The Bertz CT molecular complexity index is 284. The third kappa shape index (κ3) is 1.37. The lowest BCUT2D eigenvalue weighted by molar-refractivity contribution is 0.837. The molecule has 0 aliphatic carbocycles. The summed E-state index contributed by atoms with van der Waals surface area (Å²) in [7, 11) is 0. The fourth-order valence-corrected chi connectivity index (χ4v) is 0.896. The number of hydrogen-bond acceptors (Lipinski definition) is 2. The van der Waals surface area contributed by atoms with Crippen LogP contribution in [0.2, 0.25) is 0 Å². The Balaban J connectivity index is 3.15. The summed E-state index contributed by atoms with van der Waals surface area (Å²) in [5.74, 6) is 0.819. The zero-order chi connectivity index (χ0) is 8.27. The van der Waals surface area contributed by atoms with Gasteiger partial charge in [0.25, 0.3) is 0 Å². The van der Waals surface area contributed by atoms with Crippen LogP contribution in [0, 0.1) is 6.92 Å². The van der Waals surface area contributed by atoms with Crippen molar-refractivity contribution >= 4 is 12.8 Å². The van der Waals surface area contributed by atoms with Crippen molar-refractivity contribution in [2.75, 3.05) is 0 Å². The summed E-state index contributed by atoms with van der Waals surface area (Å²) in [6, 6.07) is 0. The average Bonchev–Trinajstić information content (AvgIpc) is 2.33. The van der Waals surface area contributed by atoms with Gasteiger partial charge in [-0.1, -0.05) is 6.08 Å². The van der Waals surface area contributed by atoms with Gasteiger partial charge >= 0.3 is 0 Å². The van der Waals surface area contributed by atoms with E-state index in [1.807, 2.05) is 26.0 Å². The molecule has 0 amide bonds. The zero-order valence-corrected chi connectivity index (χ0v) is 6.78. The molecule has 0 N–H and O–H groups in total. The van der Waals surface area contributed by atoms with Crippen LogP contribution < -0.4 is 0 Å². The maximum atomic E-state index is 4.12. The molecule has 0 saturated heterocycles. The molecular formula is C8H11N3. The normalized spacial score (nSPS) is 10.7. The van der Waals surface area contributed by atoms with Crippen molar-refractivity contribution in [3.05, 3.63) is 23.8 Å². The van der Waals surface area contributed by atoms with Crippen LogP contribution in [0.1, 0.15) is 18.4 Å². The number of aromatic nitrogens is 2. The first-order valence-corrected chi connectivity index (χ1v) is 3.43. The number of hydrogen-bond donors (Lipinski definition) is 0. The molecule has 11 heavy (non-hydrogen) atoms. The molecule has 1 aromatic rings. The van der Waals surface area contributed by atoms with Gasteiger partial charge in [-0.3, -0.25) is 0 Å². The molecule has 0 aromatic carbocycles. The lowest BCUT2D eigenvalue weighted by Crippen LogP contribution is -1.92. The van der Waals surface area contributed by atoms with Gasteiger partial charge in [-0.2, -0.15) is 5.10 Å². The van der Waals surface area contributed by atoms with E-state index in [2.05, 4.69) is 16.8 Å². The van der Waals surface area contributed by atoms with Crippen molar-refractivity contribution < 1.29 is 0 Å². The van der Waals surface area contributed by atoms with Crippen molar-refractivity contribution in [2.24, 2.45) is 5.10 Å². The molecule has 0 fully saturated rings. The molecule has 58 valence electrons. The molecule has 0 bridgehead atoms. The molecule has 0 unspecified atom stereocenters. The predicted molar refractivity (Wildman–Crippen MR) is 46.6 cm³/mol. The van der Waals surface area contributed by atoms with Crippen LogP contribution >= 0.6 is 0 Å². The van der Waals surface area contributed by atoms with E-state index in [0.29, 0.717) is 0 Å². The second-order valence-electron chi connectivity index (χ2n) is 2.21. The molecule has 0 aliphatic heterocycles. The van der Waals surface area contributed by atoms with Crippen LogP contribution in [0.15, 0.2) is 17.4 Å². The Morgan fingerprint density at radius 2 is 2.45 bits per heavy atom. The van der Waals surface area contributed by atoms with Gasteiger partial charge in [-0.15, -0.1) is 0 Å². The minimum atomic E-state index is 0.819. The summed E-state index contributed by atoms with van der Waals surface area (Å²) in [4.78, 5) is 4.12. The SMILES string of the molecule is C=Nn1c(C)cnc1/C=C\C. The highest BCUT2D eigenvalue weighted by Gasteiger charge is 1.99. The Morgan fingerprint density at radius 3 is 3.00 bits per heavy atom. The van der Waals surface area contributed by atoms with E-state index < -0.39 is 0 Å². The van der Waals surface area contributed by atoms with E-state index in [9.17, 15) is 0 Å². The third-order valence-corrected chi connectivity index (χ3v) is 1.39. The minimum absolute atomic E-state index is 0.819. The first-order chi connectivity index (χ1) is 5.29. The van der Waals surface area contributed by atoms with Crippen LogP contribution in [0.4, 0.5) is 0 Å². The van der Waals surface area contributed by atoms with Gasteiger partial charge in [0.2, 0.25) is 0 Å². The second kappa shape index (κ2) is 3.14. The van der Waals surface area contributed by atoms with Crippen LogP contribution in [-0.2, 0) is 0 Å². The topological polar surface area (TPSA) is 30.2 Å². The number of allylic oxidation sites excluding steroid dienone is 1. The number of nitrogens with zero attached hydrogens (tertiary/aromatic N) is 3. The van der Waals surface area contributed by atoms with Crippen LogP contribution in [0.5, 0.6) is 0 Å². The fourth-order valence-electron chi connectivity index (χ4n) is 0.896. The van der Waals surface area contributed by atoms with Gasteiger partial charge in [0.05, 0.1) is 11.9 Å². The van der Waals surface area contributed by atoms with Gasteiger partial charge < -0.3 is 0 Å². The largest absolute Gasteiger partial charge is 0.235 e. The Morgan fingerprint density at radius 1 is 1.73 bits per heavy atom. The average molecular weight is 149 g/mol. The van der Waals surface area contributed by atoms with Crippen molar-refractivity contribution in [3.63, 3.8) is 0 Å². The molecule has 0 radical (unpaired) electrons. The highest BCUT2D eigenvalue weighted by Crippen LogP contribution is 2.04. The van der Waals surface area contributed by atoms with Crippen molar-refractivity contribution in [3.8, 4) is 0 Å². The van der Waals surface area contributed by atoms with E-state index >= 15 is 0 Å². The smallest absolute Gasteiger partial charge is 0.153 e. The first-order valence-electron chi connectivity index (χ1n) is 3.43. The van der Waals surface area contributed by atoms with E-state index in [1.165, 1.54) is 0 Å². The molecule has 1 aromatic heterocycles. The van der Waals surface area contributed by atoms with Gasteiger partial charge in [0.1, 0.15) is 0 Å². The molecular weight excluding hydrogens is 138 g/mol. The number of aryl methyl sites for hydroxylation is 1. The standard InChI is InChI=1S/C8H11N3/c1-4-5-8-10-6-7(2)11(8)9-3/h4-6H,3H2,1-2H3/b5-4-. The van der Waals surface area contributed by atoms with E-state index in [1.54, 1.807) is 10.9 Å². The highest BCUT2D eigenvalue weighted by molar-refractivity contribution is 5.41. The molecule has 3 heteroatoms. The van der Waals surface area contributed by atoms with E-state index in [4.69, 9.17) is 0 Å². The molecule has 0 atom stereocenters. The minimum Gasteiger partial charge on any atom is -0.235 e. The van der Waals surface area contributed by atoms with Gasteiger partial charge in [0.15, 0.2) is 5.82 Å². The fraction of sp³-hybridized carbons (Fsp3) is 0.250. The van der Waals surface area contributed by atoms with Crippen LogP contribution in [0.25, 0.3) is 6.08 Å². The summed E-state index contributed by atoms with van der Waals surface area (Å²) >= 11 is 0. The quantitative estimate of drug-likeness (QED) is 0.588. The van der Waals surface area contributed by atoms with Gasteiger partial charge in [0, 0.05) is 6.72 Å². The summed E-state index contributed by atoms with van der Waals surface area (Å²) in [5, 5.41) is 3.80. The highest BCUT2D eigenvalue weighted by atomic mass is 15.4. The first kappa shape index (κ1) is 7.72. The Hall–Kier alpha value is -1.38. The maximum absolute atomic E-state index is 4.12. The zero-order valence-electron chi connectivity index (χ0n) is 6.78. The van der Waals surface area contributed by atoms with Crippen molar-refractivity contribution in [2.45, 2.75) is 13.8 Å². The predicted octanol–water partition coefficient (Wildman–Crippen LogP) is 1.69. The number of rotatable bonds is 2. The van der Waals surface area contributed by atoms with Crippen LogP contribution in [0.3, 0.4) is 0 Å². The van der Waals surface area contributed by atoms with Gasteiger partial charge in [-0.25, -0.2) is 9.66 Å². The summed E-state index contributed by atoms with van der Waals surface area (Å²) in [6.07, 6.45) is 5.58. The van der Waals surface area contributed by atoms with Crippen molar-refractivity contribution in [1.29, 1.82) is 0 Å². The Kier molecular flexibility index (Phi) is 2.21. The lowest BCUT2D eigenvalue weighted by atomic mass is 10.5. The van der Waals surface area contributed by atoms with Crippen molar-refractivity contribution in [1.82, 2.24) is 9.66 Å².